The van der Waals surface area contributed by atoms with E-state index in [9.17, 15) is 9.59 Å². The molecule has 4 nitrogen and oxygen atoms in total. The first-order valence-corrected chi connectivity index (χ1v) is 10.6. The first-order valence-electron chi connectivity index (χ1n) is 10.6. The number of hydrogen-bond donors (Lipinski definition) is 1. The lowest BCUT2D eigenvalue weighted by atomic mass is 9.42. The molecule has 3 aliphatic carbocycles. The predicted octanol–water partition coefficient (Wildman–Crippen LogP) is 4.13. The molecule has 3 saturated carbocycles. The summed E-state index contributed by atoms with van der Waals surface area (Å²) in [6, 6.07) is 0. The van der Waals surface area contributed by atoms with E-state index in [1.165, 1.54) is 0 Å². The molecule has 0 saturated heterocycles. The number of esters is 1. The fourth-order valence-corrected chi connectivity index (χ4v) is 7.02. The lowest BCUT2D eigenvalue weighted by Gasteiger charge is -2.62. The number of carbonyl (C=O) groups is 2. The van der Waals surface area contributed by atoms with Crippen LogP contribution in [0, 0.1) is 39.9 Å². The van der Waals surface area contributed by atoms with Crippen molar-refractivity contribution in [2.45, 2.75) is 72.8 Å². The maximum Gasteiger partial charge on any atom is 0.319 e. The van der Waals surface area contributed by atoms with Crippen LogP contribution in [0.15, 0.2) is 12.7 Å². The molecule has 0 heterocycles. The topological polar surface area (TPSA) is 69.4 Å². The summed E-state index contributed by atoms with van der Waals surface area (Å²) in [4.78, 5) is 25.5. The van der Waals surface area contributed by atoms with E-state index in [1.807, 2.05) is 0 Å². The van der Waals surface area contributed by atoms with Crippen LogP contribution in [0.4, 0.5) is 0 Å². The predicted molar refractivity (Wildman–Crippen MR) is 107 cm³/mol. The minimum atomic E-state index is -0.372. The molecule has 2 N–H and O–H groups in total. The van der Waals surface area contributed by atoms with Crippen LogP contribution in [0.3, 0.4) is 0 Å². The quantitative estimate of drug-likeness (QED) is 0.595. The summed E-state index contributed by atoms with van der Waals surface area (Å²) in [6.07, 6.45) is 6.24. The smallest absolute Gasteiger partial charge is 0.319 e. The van der Waals surface area contributed by atoms with Gasteiger partial charge >= 0.3 is 5.97 Å². The second-order valence-electron chi connectivity index (χ2n) is 10.1. The molecule has 152 valence electrons. The maximum atomic E-state index is 13.2. The van der Waals surface area contributed by atoms with Crippen LogP contribution >= 0.6 is 0 Å². The second kappa shape index (κ2) is 6.72. The number of nitrogens with two attached hydrogens (primary N) is 1. The Balaban J connectivity index is 2.21. The van der Waals surface area contributed by atoms with Crippen molar-refractivity contribution in [3.05, 3.63) is 12.7 Å². The van der Waals surface area contributed by atoms with Gasteiger partial charge in [0.25, 0.3) is 0 Å². The lowest BCUT2D eigenvalue weighted by molar-refractivity contribution is -0.197. The molecular weight excluding hydrogens is 338 g/mol. The normalized spacial score (nSPS) is 49.7. The fourth-order valence-electron chi connectivity index (χ4n) is 7.02. The zero-order chi connectivity index (χ0) is 20.2. The first-order chi connectivity index (χ1) is 12.6. The summed E-state index contributed by atoms with van der Waals surface area (Å²) in [5.74, 6) is 1.08. The van der Waals surface area contributed by atoms with Crippen molar-refractivity contribution in [1.82, 2.24) is 0 Å². The van der Waals surface area contributed by atoms with Gasteiger partial charge in [0.15, 0.2) is 0 Å². The third kappa shape index (κ3) is 2.73. The highest BCUT2D eigenvalue weighted by molar-refractivity contribution is 5.85. The van der Waals surface area contributed by atoms with E-state index in [-0.39, 0.29) is 40.8 Å². The Morgan fingerprint density at radius 3 is 2.52 bits per heavy atom. The summed E-state index contributed by atoms with van der Waals surface area (Å²) >= 11 is 0. The monoisotopic (exact) mass is 375 g/mol. The van der Waals surface area contributed by atoms with Gasteiger partial charge in [-0.3, -0.25) is 9.59 Å². The zero-order valence-electron chi connectivity index (χ0n) is 17.7. The summed E-state index contributed by atoms with van der Waals surface area (Å²) in [5.41, 5.74) is 5.09. The summed E-state index contributed by atoms with van der Waals surface area (Å²) in [7, 11) is 0. The third-order valence-corrected chi connectivity index (χ3v) is 9.38. The average Bonchev–Trinajstić information content (AvgIpc) is 3.00. The lowest BCUT2D eigenvalue weighted by Crippen LogP contribution is -2.61. The van der Waals surface area contributed by atoms with Gasteiger partial charge in [0, 0.05) is 17.8 Å². The molecule has 0 aromatic rings. The van der Waals surface area contributed by atoms with E-state index in [0.29, 0.717) is 36.4 Å². The Bertz CT molecular complexity index is 646. The van der Waals surface area contributed by atoms with Gasteiger partial charge in [-0.15, -0.1) is 6.58 Å². The number of rotatable bonds is 3. The Hall–Kier alpha value is -1.16. The van der Waals surface area contributed by atoms with E-state index < -0.39 is 0 Å². The summed E-state index contributed by atoms with van der Waals surface area (Å²) < 4.78 is 6.01. The van der Waals surface area contributed by atoms with Gasteiger partial charge in [0.2, 0.25) is 0 Å². The van der Waals surface area contributed by atoms with Crippen molar-refractivity contribution >= 4 is 11.8 Å². The Morgan fingerprint density at radius 1 is 1.26 bits per heavy atom. The van der Waals surface area contributed by atoms with Crippen molar-refractivity contribution in [3.63, 3.8) is 0 Å². The van der Waals surface area contributed by atoms with E-state index in [4.69, 9.17) is 10.5 Å². The molecule has 0 aromatic heterocycles. The minimum absolute atomic E-state index is 0.00974. The van der Waals surface area contributed by atoms with Crippen LogP contribution in [0.5, 0.6) is 0 Å². The molecule has 8 atom stereocenters. The van der Waals surface area contributed by atoms with Gasteiger partial charge in [0.05, 0.1) is 6.54 Å². The highest BCUT2D eigenvalue weighted by atomic mass is 16.5. The highest BCUT2D eigenvalue weighted by Gasteiger charge is 2.67. The van der Waals surface area contributed by atoms with Crippen molar-refractivity contribution in [3.8, 4) is 0 Å². The summed E-state index contributed by atoms with van der Waals surface area (Å²) in [5, 5.41) is 0. The largest absolute Gasteiger partial charge is 0.461 e. The van der Waals surface area contributed by atoms with Gasteiger partial charge in [-0.05, 0) is 54.3 Å². The molecule has 3 fully saturated rings. The van der Waals surface area contributed by atoms with Crippen molar-refractivity contribution in [2.75, 3.05) is 6.54 Å². The average molecular weight is 376 g/mol. The SMILES string of the molecule is C=C[C@]1(C)C[C@@H](OC(=O)CN)[C@]2(C)[C@H](C)CC[C@]3(CCC(=O)[C@H]32)[C@@H](C)C1C. The molecule has 27 heavy (non-hydrogen) atoms. The molecule has 0 radical (unpaired) electrons. The van der Waals surface area contributed by atoms with Gasteiger partial charge in [-0.2, -0.15) is 0 Å². The fraction of sp³-hybridized carbons (Fsp3) is 0.826. The molecule has 0 amide bonds. The molecule has 1 unspecified atom stereocenters. The first kappa shape index (κ1) is 20.6. The van der Waals surface area contributed by atoms with E-state index in [0.717, 1.165) is 19.3 Å². The van der Waals surface area contributed by atoms with Crippen LogP contribution in [0.2, 0.25) is 0 Å². The van der Waals surface area contributed by atoms with Crippen molar-refractivity contribution < 1.29 is 14.3 Å². The number of allylic oxidation sites excluding steroid dienone is 1. The van der Waals surface area contributed by atoms with Gasteiger partial charge in [-0.1, -0.05) is 40.7 Å². The Morgan fingerprint density at radius 2 is 1.93 bits per heavy atom. The van der Waals surface area contributed by atoms with E-state index in [1.54, 1.807) is 0 Å². The second-order valence-corrected chi connectivity index (χ2v) is 10.1. The van der Waals surface area contributed by atoms with Crippen LogP contribution in [0.25, 0.3) is 0 Å². The molecule has 3 aliphatic rings. The Kier molecular flexibility index (Phi) is 5.12. The zero-order valence-corrected chi connectivity index (χ0v) is 17.7. The number of ketones is 1. The maximum absolute atomic E-state index is 13.2. The van der Waals surface area contributed by atoms with Crippen LogP contribution in [-0.2, 0) is 14.3 Å². The van der Waals surface area contributed by atoms with E-state index >= 15 is 0 Å². The minimum Gasteiger partial charge on any atom is -0.461 e. The molecule has 4 heteroatoms. The molecule has 0 aliphatic heterocycles. The molecule has 0 spiro atoms. The molecule has 0 aromatic carbocycles. The molecular formula is C23H37NO3. The number of ether oxygens (including phenoxy) is 1. The van der Waals surface area contributed by atoms with E-state index in [2.05, 4.69) is 47.3 Å². The third-order valence-electron chi connectivity index (χ3n) is 9.38. The number of hydrogen-bond acceptors (Lipinski definition) is 4. The standard InChI is InChI=1S/C23H37NO3/c1-7-21(5)12-18(27-19(26)13-24)22(6)14(2)8-10-23(16(4)15(21)3)11-9-17(25)20(22)23/h7,14-16,18,20H,1,8-13,24H2,2-6H3/t14-,15?,16+,18-,20+,21-,22+,23+/m1/s1. The van der Waals surface area contributed by atoms with Gasteiger partial charge < -0.3 is 10.5 Å². The molecule has 3 rings (SSSR count). The highest BCUT2D eigenvalue weighted by Crippen LogP contribution is 2.68. The van der Waals surface area contributed by atoms with Gasteiger partial charge in [0.1, 0.15) is 11.9 Å². The number of carbonyl (C=O) groups excluding carboxylic acids is 2. The van der Waals surface area contributed by atoms with Crippen molar-refractivity contribution in [1.29, 1.82) is 0 Å². The number of Topliss-reactive ketones (excluding diaryl/α,β-unsaturated/α-hetero) is 1. The summed E-state index contributed by atoms with van der Waals surface area (Å²) in [6.45, 7) is 15.4. The van der Waals surface area contributed by atoms with Crippen LogP contribution in [-0.4, -0.2) is 24.4 Å². The van der Waals surface area contributed by atoms with Crippen molar-refractivity contribution in [2.24, 2.45) is 45.7 Å². The molecule has 2 bridgehead atoms. The van der Waals surface area contributed by atoms with Crippen LogP contribution in [0.1, 0.15) is 66.7 Å². The Labute approximate surface area is 164 Å². The van der Waals surface area contributed by atoms with Crippen LogP contribution < -0.4 is 5.73 Å². The van der Waals surface area contributed by atoms with Gasteiger partial charge in [-0.25, -0.2) is 0 Å².